The highest BCUT2D eigenvalue weighted by atomic mass is 16.7. The lowest BCUT2D eigenvalue weighted by Gasteiger charge is -2.15. The van der Waals surface area contributed by atoms with Crippen LogP contribution in [0, 0.1) is 0 Å². The average Bonchev–Trinajstić information content (AvgIpc) is 3.24. The van der Waals surface area contributed by atoms with Gasteiger partial charge in [0, 0.05) is 32.6 Å². The van der Waals surface area contributed by atoms with Crippen LogP contribution in [0.1, 0.15) is 24.8 Å². The molecule has 25 heavy (non-hydrogen) atoms. The van der Waals surface area contributed by atoms with E-state index in [0.717, 1.165) is 18.5 Å². The summed E-state index contributed by atoms with van der Waals surface area (Å²) in [7, 11) is 0. The summed E-state index contributed by atoms with van der Waals surface area (Å²) < 4.78 is 10.5. The number of fused-ring (bicyclic) bond motifs is 1. The van der Waals surface area contributed by atoms with Crippen molar-refractivity contribution in [2.75, 3.05) is 26.4 Å². The number of nitrogens with one attached hydrogen (secondary N) is 2. The van der Waals surface area contributed by atoms with E-state index in [1.54, 1.807) is 23.1 Å². The molecule has 2 heterocycles. The Morgan fingerprint density at radius 2 is 1.92 bits per heavy atom. The molecule has 0 spiro atoms. The highest BCUT2D eigenvalue weighted by Gasteiger charge is 2.19. The van der Waals surface area contributed by atoms with Crippen molar-refractivity contribution < 1.29 is 23.9 Å². The first-order valence-electron chi connectivity index (χ1n) is 8.36. The molecule has 1 aromatic carbocycles. The summed E-state index contributed by atoms with van der Waals surface area (Å²) in [6.45, 7) is 2.17. The smallest absolute Gasteiger partial charge is 0.309 e. The fourth-order valence-electron chi connectivity index (χ4n) is 2.81. The van der Waals surface area contributed by atoms with Gasteiger partial charge < -0.3 is 25.0 Å². The molecule has 0 radical (unpaired) electrons. The maximum absolute atomic E-state index is 11.8. The molecule has 0 atom stereocenters. The van der Waals surface area contributed by atoms with Gasteiger partial charge in [-0.1, -0.05) is 6.07 Å². The minimum Gasteiger partial charge on any atom is -0.454 e. The summed E-state index contributed by atoms with van der Waals surface area (Å²) in [5.74, 6) is 0.105. The van der Waals surface area contributed by atoms with Gasteiger partial charge in [-0.05, 0) is 30.5 Å². The van der Waals surface area contributed by atoms with Gasteiger partial charge in [-0.2, -0.15) is 0 Å². The van der Waals surface area contributed by atoms with Crippen LogP contribution in [0.3, 0.4) is 0 Å². The minimum atomic E-state index is -0.685. The molecular weight excluding hydrogens is 326 g/mol. The van der Waals surface area contributed by atoms with E-state index in [1.807, 2.05) is 0 Å². The number of hydrogen-bond acceptors (Lipinski definition) is 5. The third-order valence-electron chi connectivity index (χ3n) is 4.16. The van der Waals surface area contributed by atoms with E-state index >= 15 is 0 Å². The van der Waals surface area contributed by atoms with Crippen LogP contribution in [0.15, 0.2) is 18.2 Å². The van der Waals surface area contributed by atoms with E-state index < -0.39 is 11.8 Å². The molecule has 0 aliphatic carbocycles. The van der Waals surface area contributed by atoms with Gasteiger partial charge >= 0.3 is 11.8 Å². The first kappa shape index (κ1) is 17.1. The molecule has 1 saturated heterocycles. The van der Waals surface area contributed by atoms with E-state index in [1.165, 1.54) is 0 Å². The number of carbonyl (C=O) groups excluding carboxylic acids is 3. The molecule has 3 rings (SSSR count). The van der Waals surface area contributed by atoms with Crippen molar-refractivity contribution in [3.8, 4) is 11.5 Å². The number of hydrogen-bond donors (Lipinski definition) is 2. The van der Waals surface area contributed by atoms with Crippen molar-refractivity contribution in [1.82, 2.24) is 15.5 Å². The summed E-state index contributed by atoms with van der Waals surface area (Å²) in [4.78, 5) is 36.8. The molecule has 2 aliphatic rings. The fourth-order valence-corrected chi connectivity index (χ4v) is 2.81. The third kappa shape index (κ3) is 4.40. The molecule has 0 unspecified atom stereocenters. The van der Waals surface area contributed by atoms with Crippen LogP contribution in [0.5, 0.6) is 11.5 Å². The summed E-state index contributed by atoms with van der Waals surface area (Å²) in [6.07, 6.45) is 2.13. The number of amides is 3. The van der Waals surface area contributed by atoms with Crippen LogP contribution < -0.4 is 20.1 Å². The second-order valence-electron chi connectivity index (χ2n) is 5.96. The second kappa shape index (κ2) is 7.87. The largest absolute Gasteiger partial charge is 0.454 e. The van der Waals surface area contributed by atoms with E-state index in [9.17, 15) is 14.4 Å². The molecule has 2 aliphatic heterocycles. The van der Waals surface area contributed by atoms with Gasteiger partial charge in [0.25, 0.3) is 0 Å². The van der Waals surface area contributed by atoms with E-state index in [-0.39, 0.29) is 19.2 Å². The van der Waals surface area contributed by atoms with E-state index in [2.05, 4.69) is 10.6 Å². The lowest BCUT2D eigenvalue weighted by molar-refractivity contribution is -0.139. The average molecular weight is 347 g/mol. The van der Waals surface area contributed by atoms with Crippen molar-refractivity contribution in [3.05, 3.63) is 23.8 Å². The number of rotatable bonds is 6. The van der Waals surface area contributed by atoms with Crippen molar-refractivity contribution in [3.63, 3.8) is 0 Å². The minimum absolute atomic E-state index is 0.160. The first-order valence-corrected chi connectivity index (χ1v) is 8.36. The van der Waals surface area contributed by atoms with Gasteiger partial charge in [-0.3, -0.25) is 14.4 Å². The molecular formula is C17H21N3O5. The maximum Gasteiger partial charge on any atom is 0.309 e. The quantitative estimate of drug-likeness (QED) is 0.564. The van der Waals surface area contributed by atoms with Crippen molar-refractivity contribution in [2.24, 2.45) is 0 Å². The lowest BCUT2D eigenvalue weighted by atomic mass is 10.2. The molecule has 1 aromatic rings. The second-order valence-corrected chi connectivity index (χ2v) is 5.96. The predicted molar refractivity (Wildman–Crippen MR) is 87.9 cm³/mol. The molecule has 2 N–H and O–H groups in total. The Kier molecular flexibility index (Phi) is 5.37. The number of benzene rings is 1. The molecule has 0 bridgehead atoms. The SMILES string of the molecule is O=C(NCCCN1CCCC1=O)C(=O)NCc1ccc2c(c1)OCO2. The van der Waals surface area contributed by atoms with Crippen LogP contribution >= 0.6 is 0 Å². The lowest BCUT2D eigenvalue weighted by Crippen LogP contribution is -2.40. The van der Waals surface area contributed by atoms with Crippen LogP contribution in [-0.2, 0) is 20.9 Å². The summed E-state index contributed by atoms with van der Waals surface area (Å²) >= 11 is 0. The predicted octanol–water partition coefficient (Wildman–Crippen LogP) is 0.160. The van der Waals surface area contributed by atoms with Crippen LogP contribution in [-0.4, -0.2) is 49.0 Å². The molecule has 0 aromatic heterocycles. The summed E-state index contributed by atoms with van der Waals surface area (Å²) in [6, 6.07) is 5.34. The van der Waals surface area contributed by atoms with Crippen LogP contribution in [0.2, 0.25) is 0 Å². The Hall–Kier alpha value is -2.77. The summed E-state index contributed by atoms with van der Waals surface area (Å²) in [5, 5.41) is 5.13. The topological polar surface area (TPSA) is 97.0 Å². The first-order chi connectivity index (χ1) is 12.1. The van der Waals surface area contributed by atoms with Gasteiger partial charge in [-0.15, -0.1) is 0 Å². The molecule has 3 amide bonds. The number of carbonyl (C=O) groups is 3. The van der Waals surface area contributed by atoms with Gasteiger partial charge in [0.05, 0.1) is 0 Å². The normalized spacial score (nSPS) is 15.4. The Balaban J connectivity index is 1.35. The zero-order chi connectivity index (χ0) is 17.6. The third-order valence-corrected chi connectivity index (χ3v) is 4.16. The molecule has 8 heteroatoms. The standard InChI is InChI=1S/C17H21N3O5/c21-15-3-1-7-20(15)8-2-6-18-16(22)17(23)19-10-12-4-5-13-14(9-12)25-11-24-13/h4-5,9H,1-3,6-8,10-11H2,(H,18,22)(H,19,23). The van der Waals surface area contributed by atoms with Crippen molar-refractivity contribution in [1.29, 1.82) is 0 Å². The summed E-state index contributed by atoms with van der Waals surface area (Å²) in [5.41, 5.74) is 0.818. The zero-order valence-corrected chi connectivity index (χ0v) is 13.9. The Bertz CT molecular complexity index is 676. The maximum atomic E-state index is 11.8. The van der Waals surface area contributed by atoms with Gasteiger partial charge in [-0.25, -0.2) is 0 Å². The number of ether oxygens (including phenoxy) is 2. The monoisotopic (exact) mass is 347 g/mol. The highest BCUT2D eigenvalue weighted by molar-refractivity contribution is 6.35. The van der Waals surface area contributed by atoms with Crippen LogP contribution in [0.25, 0.3) is 0 Å². The Morgan fingerprint density at radius 3 is 2.72 bits per heavy atom. The molecule has 8 nitrogen and oxygen atoms in total. The van der Waals surface area contributed by atoms with Gasteiger partial charge in [0.2, 0.25) is 12.7 Å². The molecule has 0 saturated carbocycles. The zero-order valence-electron chi connectivity index (χ0n) is 13.9. The molecule has 134 valence electrons. The molecule has 1 fully saturated rings. The van der Waals surface area contributed by atoms with E-state index in [4.69, 9.17) is 9.47 Å². The Morgan fingerprint density at radius 1 is 1.12 bits per heavy atom. The van der Waals surface area contributed by atoms with Crippen LogP contribution in [0.4, 0.5) is 0 Å². The number of likely N-dealkylation sites (tertiary alicyclic amines) is 1. The van der Waals surface area contributed by atoms with Gasteiger partial charge in [0.1, 0.15) is 0 Å². The number of nitrogens with zero attached hydrogens (tertiary/aromatic N) is 1. The van der Waals surface area contributed by atoms with Gasteiger partial charge in [0.15, 0.2) is 11.5 Å². The fraction of sp³-hybridized carbons (Fsp3) is 0.471. The Labute approximate surface area is 145 Å². The van der Waals surface area contributed by atoms with Crippen molar-refractivity contribution in [2.45, 2.75) is 25.8 Å². The van der Waals surface area contributed by atoms with E-state index in [0.29, 0.717) is 37.4 Å². The van der Waals surface area contributed by atoms with Crippen molar-refractivity contribution >= 4 is 17.7 Å². The highest BCUT2D eigenvalue weighted by Crippen LogP contribution is 2.32.